The van der Waals surface area contributed by atoms with Crippen LogP contribution in [0.2, 0.25) is 0 Å². The van der Waals surface area contributed by atoms with Crippen molar-refractivity contribution in [2.75, 3.05) is 26.8 Å². The number of hydrogen-bond acceptors (Lipinski definition) is 5. The van der Waals surface area contributed by atoms with E-state index in [1.165, 1.54) is 25.3 Å². The molecule has 0 unspecified atom stereocenters. The van der Waals surface area contributed by atoms with Gasteiger partial charge in [0.2, 0.25) is 15.9 Å². The van der Waals surface area contributed by atoms with Crippen LogP contribution in [0.15, 0.2) is 59.5 Å². The third-order valence-electron chi connectivity index (χ3n) is 3.70. The van der Waals surface area contributed by atoms with E-state index < -0.39 is 10.0 Å². The highest BCUT2D eigenvalue weighted by Gasteiger charge is 2.13. The second-order valence-electron chi connectivity index (χ2n) is 5.70. The Bertz CT molecular complexity index is 891. The topological polar surface area (TPSA) is 93.7 Å². The molecule has 0 fully saturated rings. The van der Waals surface area contributed by atoms with Gasteiger partial charge in [0.25, 0.3) is 0 Å². The summed E-state index contributed by atoms with van der Waals surface area (Å²) in [4.78, 5) is 12.0. The molecule has 0 spiro atoms. The van der Waals surface area contributed by atoms with Crippen LogP contribution in [0.1, 0.15) is 12.5 Å². The average molecular weight is 404 g/mol. The van der Waals surface area contributed by atoms with Gasteiger partial charge in [-0.25, -0.2) is 13.1 Å². The second kappa shape index (κ2) is 10.5. The molecule has 150 valence electrons. The number of sulfonamides is 1. The third kappa shape index (κ3) is 6.71. The minimum atomic E-state index is -3.63. The Hall–Kier alpha value is -2.84. The summed E-state index contributed by atoms with van der Waals surface area (Å²) in [5, 5.41) is 2.63. The Morgan fingerprint density at radius 2 is 1.64 bits per heavy atom. The minimum absolute atomic E-state index is 0.0804. The summed E-state index contributed by atoms with van der Waals surface area (Å²) < 4.78 is 37.1. The van der Waals surface area contributed by atoms with Crippen molar-refractivity contribution in [3.05, 3.63) is 60.2 Å². The first-order valence-corrected chi connectivity index (χ1v) is 10.3. The van der Waals surface area contributed by atoms with Crippen LogP contribution in [-0.4, -0.2) is 41.1 Å². The molecule has 0 aliphatic heterocycles. The minimum Gasteiger partial charge on any atom is -0.497 e. The first-order chi connectivity index (χ1) is 13.4. The predicted octanol–water partition coefficient (Wildman–Crippen LogP) is 2.20. The summed E-state index contributed by atoms with van der Waals surface area (Å²) >= 11 is 0. The number of amides is 1. The maximum atomic E-state index is 12.2. The standard InChI is InChI=1S/C20H24N2O5S/c1-3-27-18-7-4-16(5-8-18)6-13-20(23)21-14-15-22-28(24,25)19-11-9-17(26-2)10-12-19/h4-13,22H,3,14-15H2,1-2H3,(H,21,23)/b13-6+. The van der Waals surface area contributed by atoms with Gasteiger partial charge >= 0.3 is 0 Å². The highest BCUT2D eigenvalue weighted by Crippen LogP contribution is 2.15. The first kappa shape index (κ1) is 21.5. The Labute approximate surface area is 165 Å². The molecule has 0 aliphatic carbocycles. The summed E-state index contributed by atoms with van der Waals surface area (Å²) in [6, 6.07) is 13.4. The van der Waals surface area contributed by atoms with Crippen LogP contribution in [0.4, 0.5) is 0 Å². The molecule has 0 saturated carbocycles. The molecular formula is C20H24N2O5S. The normalized spacial score (nSPS) is 11.4. The van der Waals surface area contributed by atoms with Gasteiger partial charge in [-0.05, 0) is 55.0 Å². The summed E-state index contributed by atoms with van der Waals surface area (Å²) in [7, 11) is -2.13. The molecule has 0 radical (unpaired) electrons. The Morgan fingerprint density at radius 3 is 2.25 bits per heavy atom. The van der Waals surface area contributed by atoms with Gasteiger partial charge in [0.15, 0.2) is 0 Å². The molecule has 0 aliphatic rings. The lowest BCUT2D eigenvalue weighted by molar-refractivity contribution is -0.116. The van der Waals surface area contributed by atoms with Crippen LogP contribution in [0.25, 0.3) is 6.08 Å². The quantitative estimate of drug-likeness (QED) is 0.468. The number of carbonyl (C=O) groups is 1. The van der Waals surface area contributed by atoms with E-state index >= 15 is 0 Å². The van der Waals surface area contributed by atoms with Crippen LogP contribution in [0, 0.1) is 0 Å². The number of hydrogen-bond donors (Lipinski definition) is 2. The van der Waals surface area contributed by atoms with Gasteiger partial charge in [0.05, 0.1) is 18.6 Å². The summed E-state index contributed by atoms with van der Waals surface area (Å²) in [5.41, 5.74) is 0.860. The number of benzene rings is 2. The maximum Gasteiger partial charge on any atom is 0.244 e. The van der Waals surface area contributed by atoms with Crippen molar-refractivity contribution in [2.45, 2.75) is 11.8 Å². The molecule has 0 aromatic heterocycles. The van der Waals surface area contributed by atoms with E-state index in [9.17, 15) is 13.2 Å². The highest BCUT2D eigenvalue weighted by atomic mass is 32.2. The molecule has 2 N–H and O–H groups in total. The molecule has 0 heterocycles. The van der Waals surface area contributed by atoms with E-state index in [2.05, 4.69) is 10.0 Å². The van der Waals surface area contributed by atoms with Gasteiger partial charge < -0.3 is 14.8 Å². The van der Waals surface area contributed by atoms with E-state index in [1.807, 2.05) is 31.2 Å². The van der Waals surface area contributed by atoms with Gasteiger partial charge in [-0.15, -0.1) is 0 Å². The molecule has 1 amide bonds. The Morgan fingerprint density at radius 1 is 1.00 bits per heavy atom. The lowest BCUT2D eigenvalue weighted by Gasteiger charge is -2.08. The molecule has 2 aromatic rings. The Balaban J connectivity index is 1.76. The van der Waals surface area contributed by atoms with E-state index in [-0.39, 0.29) is 23.9 Å². The smallest absolute Gasteiger partial charge is 0.244 e. The van der Waals surface area contributed by atoms with Crippen LogP contribution in [0.3, 0.4) is 0 Å². The van der Waals surface area contributed by atoms with Crippen LogP contribution in [-0.2, 0) is 14.8 Å². The van der Waals surface area contributed by atoms with Gasteiger partial charge in [-0.2, -0.15) is 0 Å². The molecule has 2 aromatic carbocycles. The molecule has 8 heteroatoms. The van der Waals surface area contributed by atoms with E-state index in [0.717, 1.165) is 11.3 Å². The largest absolute Gasteiger partial charge is 0.497 e. The number of ether oxygens (including phenoxy) is 2. The summed E-state index contributed by atoms with van der Waals surface area (Å²) in [5.74, 6) is 1.04. The van der Waals surface area contributed by atoms with Crippen molar-refractivity contribution in [2.24, 2.45) is 0 Å². The summed E-state index contributed by atoms with van der Waals surface area (Å²) in [6.45, 7) is 2.76. The molecule has 2 rings (SSSR count). The van der Waals surface area contributed by atoms with Gasteiger partial charge in [-0.1, -0.05) is 12.1 Å². The lowest BCUT2D eigenvalue weighted by atomic mass is 10.2. The summed E-state index contributed by atoms with van der Waals surface area (Å²) in [6.07, 6.45) is 3.07. The molecule has 28 heavy (non-hydrogen) atoms. The van der Waals surface area contributed by atoms with E-state index in [1.54, 1.807) is 18.2 Å². The molecule has 0 bridgehead atoms. The average Bonchev–Trinajstić information content (AvgIpc) is 2.71. The fraction of sp³-hybridized carbons (Fsp3) is 0.250. The van der Waals surface area contributed by atoms with Gasteiger partial charge in [0.1, 0.15) is 11.5 Å². The SMILES string of the molecule is CCOc1ccc(/C=C/C(=O)NCCNS(=O)(=O)c2ccc(OC)cc2)cc1. The molecular weight excluding hydrogens is 380 g/mol. The predicted molar refractivity (Wildman–Crippen MR) is 108 cm³/mol. The zero-order chi connectivity index (χ0) is 20.4. The van der Waals surface area contributed by atoms with Crippen molar-refractivity contribution in [1.29, 1.82) is 0 Å². The van der Waals surface area contributed by atoms with E-state index in [4.69, 9.17) is 9.47 Å². The third-order valence-corrected chi connectivity index (χ3v) is 5.18. The van der Waals surface area contributed by atoms with Crippen molar-refractivity contribution in [1.82, 2.24) is 10.0 Å². The zero-order valence-corrected chi connectivity index (χ0v) is 16.7. The van der Waals surface area contributed by atoms with Crippen molar-refractivity contribution >= 4 is 22.0 Å². The van der Waals surface area contributed by atoms with Crippen molar-refractivity contribution < 1.29 is 22.7 Å². The van der Waals surface area contributed by atoms with E-state index in [0.29, 0.717) is 12.4 Å². The van der Waals surface area contributed by atoms with Gasteiger partial charge in [0, 0.05) is 19.2 Å². The monoisotopic (exact) mass is 404 g/mol. The molecule has 0 atom stereocenters. The first-order valence-electron chi connectivity index (χ1n) is 8.77. The van der Waals surface area contributed by atoms with Crippen molar-refractivity contribution in [3.63, 3.8) is 0 Å². The fourth-order valence-corrected chi connectivity index (χ4v) is 3.31. The lowest BCUT2D eigenvalue weighted by Crippen LogP contribution is -2.34. The Kier molecular flexibility index (Phi) is 8.03. The number of methoxy groups -OCH3 is 1. The highest BCUT2D eigenvalue weighted by molar-refractivity contribution is 7.89. The zero-order valence-electron chi connectivity index (χ0n) is 15.8. The number of nitrogens with one attached hydrogen (secondary N) is 2. The van der Waals surface area contributed by atoms with Crippen LogP contribution >= 0.6 is 0 Å². The molecule has 0 saturated heterocycles. The molecule has 7 nitrogen and oxygen atoms in total. The number of rotatable bonds is 10. The van der Waals surface area contributed by atoms with Crippen LogP contribution < -0.4 is 19.5 Å². The van der Waals surface area contributed by atoms with Crippen molar-refractivity contribution in [3.8, 4) is 11.5 Å². The fourth-order valence-electron chi connectivity index (χ4n) is 2.28. The maximum absolute atomic E-state index is 12.2. The van der Waals surface area contributed by atoms with Crippen LogP contribution in [0.5, 0.6) is 11.5 Å². The number of carbonyl (C=O) groups excluding carboxylic acids is 1. The van der Waals surface area contributed by atoms with Gasteiger partial charge in [-0.3, -0.25) is 4.79 Å². The second-order valence-corrected chi connectivity index (χ2v) is 7.47.